The third-order valence-electron chi connectivity index (χ3n) is 1.63. The Balaban J connectivity index is 4.11. The van der Waals surface area contributed by atoms with Crippen LogP contribution in [0, 0.1) is 0 Å². The van der Waals surface area contributed by atoms with Crippen LogP contribution in [0.3, 0.4) is 0 Å². The van der Waals surface area contributed by atoms with Crippen molar-refractivity contribution in [3.05, 3.63) is 0 Å². The lowest BCUT2D eigenvalue weighted by atomic mass is 10.2. The number of aliphatic carboxylic acids is 1. The maximum absolute atomic E-state index is 10.7. The number of urea groups is 1. The van der Waals surface area contributed by atoms with Gasteiger partial charge >= 0.3 is 12.0 Å². The first-order chi connectivity index (χ1) is 5.49. The summed E-state index contributed by atoms with van der Waals surface area (Å²) in [7, 11) is 0. The SMILES string of the molecule is CCN(C(N)=O)C(C)CC(=O)O. The van der Waals surface area contributed by atoms with Crippen LogP contribution >= 0.6 is 0 Å². The standard InChI is InChI=1S/C7H14N2O3/c1-3-9(7(8)12)5(2)4-6(10)11/h5H,3-4H2,1-2H3,(H2,8,12)(H,10,11). The van der Waals surface area contributed by atoms with E-state index in [0.29, 0.717) is 6.54 Å². The zero-order chi connectivity index (χ0) is 9.72. The van der Waals surface area contributed by atoms with Crippen molar-refractivity contribution in [2.45, 2.75) is 26.3 Å². The third kappa shape index (κ3) is 3.23. The normalized spacial score (nSPS) is 12.2. The maximum atomic E-state index is 10.7. The van der Waals surface area contributed by atoms with Gasteiger partial charge in [-0.25, -0.2) is 4.79 Å². The molecule has 0 aromatic carbocycles. The van der Waals surface area contributed by atoms with E-state index in [4.69, 9.17) is 10.8 Å². The minimum atomic E-state index is -0.929. The van der Waals surface area contributed by atoms with Crippen molar-refractivity contribution < 1.29 is 14.7 Å². The molecule has 0 spiro atoms. The van der Waals surface area contributed by atoms with Crippen molar-refractivity contribution in [3.8, 4) is 0 Å². The van der Waals surface area contributed by atoms with E-state index in [1.54, 1.807) is 13.8 Å². The number of rotatable bonds is 4. The van der Waals surface area contributed by atoms with E-state index in [2.05, 4.69) is 0 Å². The van der Waals surface area contributed by atoms with Crippen molar-refractivity contribution in [1.29, 1.82) is 0 Å². The molecule has 0 aliphatic rings. The van der Waals surface area contributed by atoms with Crippen LogP contribution in [0.1, 0.15) is 20.3 Å². The van der Waals surface area contributed by atoms with Crippen LogP contribution in [-0.2, 0) is 4.79 Å². The molecule has 0 aromatic heterocycles. The molecule has 0 aliphatic carbocycles. The predicted octanol–water partition coefficient (Wildman–Crippen LogP) is 0.250. The fourth-order valence-electron chi connectivity index (χ4n) is 1.05. The van der Waals surface area contributed by atoms with Crippen molar-refractivity contribution >= 4 is 12.0 Å². The molecule has 0 radical (unpaired) electrons. The van der Waals surface area contributed by atoms with Crippen molar-refractivity contribution in [1.82, 2.24) is 4.90 Å². The predicted molar refractivity (Wildman–Crippen MR) is 43.7 cm³/mol. The fourth-order valence-corrected chi connectivity index (χ4v) is 1.05. The summed E-state index contributed by atoms with van der Waals surface area (Å²) >= 11 is 0. The van der Waals surface area contributed by atoms with Crippen molar-refractivity contribution in [3.63, 3.8) is 0 Å². The van der Waals surface area contributed by atoms with Crippen LogP contribution in [0.4, 0.5) is 4.79 Å². The average molecular weight is 174 g/mol. The molecule has 0 saturated carbocycles. The first-order valence-electron chi connectivity index (χ1n) is 3.76. The van der Waals surface area contributed by atoms with Crippen molar-refractivity contribution in [2.75, 3.05) is 6.54 Å². The van der Waals surface area contributed by atoms with Crippen LogP contribution in [0.25, 0.3) is 0 Å². The lowest BCUT2D eigenvalue weighted by Crippen LogP contribution is -2.42. The third-order valence-corrected chi connectivity index (χ3v) is 1.63. The van der Waals surface area contributed by atoms with Gasteiger partial charge in [0.1, 0.15) is 0 Å². The van der Waals surface area contributed by atoms with Gasteiger partial charge in [-0.1, -0.05) is 0 Å². The summed E-state index contributed by atoms with van der Waals surface area (Å²) in [5.74, 6) is -0.929. The Kier molecular flexibility index (Phi) is 4.10. The Morgan fingerprint density at radius 1 is 1.58 bits per heavy atom. The molecule has 0 bridgehead atoms. The molecule has 0 heterocycles. The first-order valence-corrected chi connectivity index (χ1v) is 3.76. The Labute approximate surface area is 71.1 Å². The van der Waals surface area contributed by atoms with E-state index in [1.165, 1.54) is 4.90 Å². The van der Waals surface area contributed by atoms with Gasteiger partial charge < -0.3 is 15.7 Å². The highest BCUT2D eigenvalue weighted by molar-refractivity contribution is 5.74. The number of nitrogens with zero attached hydrogens (tertiary/aromatic N) is 1. The monoisotopic (exact) mass is 174 g/mol. The molecule has 5 heteroatoms. The van der Waals surface area contributed by atoms with E-state index < -0.39 is 12.0 Å². The number of hydrogen-bond acceptors (Lipinski definition) is 2. The van der Waals surface area contributed by atoms with Crippen LogP contribution < -0.4 is 5.73 Å². The van der Waals surface area contributed by atoms with E-state index in [9.17, 15) is 9.59 Å². The molecular formula is C7H14N2O3. The molecule has 0 aliphatic heterocycles. The highest BCUT2D eigenvalue weighted by Gasteiger charge is 2.17. The molecule has 0 fully saturated rings. The number of carbonyl (C=O) groups excluding carboxylic acids is 1. The quantitative estimate of drug-likeness (QED) is 0.640. The molecule has 0 aromatic rings. The van der Waals surface area contributed by atoms with Gasteiger partial charge in [0.15, 0.2) is 0 Å². The number of nitrogens with two attached hydrogens (primary N) is 1. The highest BCUT2D eigenvalue weighted by atomic mass is 16.4. The number of carbonyl (C=O) groups is 2. The summed E-state index contributed by atoms with van der Waals surface area (Å²) in [6.45, 7) is 3.84. The molecule has 70 valence electrons. The van der Waals surface area contributed by atoms with Gasteiger partial charge in [-0.2, -0.15) is 0 Å². The second-order valence-corrected chi connectivity index (χ2v) is 2.57. The average Bonchev–Trinajstić information content (AvgIpc) is 1.85. The van der Waals surface area contributed by atoms with Gasteiger partial charge in [0.05, 0.1) is 6.42 Å². The molecule has 3 N–H and O–H groups in total. The Hall–Kier alpha value is -1.26. The van der Waals surface area contributed by atoms with E-state index in [-0.39, 0.29) is 12.5 Å². The van der Waals surface area contributed by atoms with Gasteiger partial charge in [0.25, 0.3) is 0 Å². The van der Waals surface area contributed by atoms with Gasteiger partial charge in [-0.05, 0) is 13.8 Å². The Morgan fingerprint density at radius 2 is 2.08 bits per heavy atom. The smallest absolute Gasteiger partial charge is 0.315 e. The van der Waals surface area contributed by atoms with E-state index in [1.807, 2.05) is 0 Å². The lowest BCUT2D eigenvalue weighted by Gasteiger charge is -2.24. The molecule has 1 atom stereocenters. The number of carboxylic acids is 1. The van der Waals surface area contributed by atoms with Crippen LogP contribution in [-0.4, -0.2) is 34.6 Å². The molecule has 1 unspecified atom stereocenters. The second kappa shape index (κ2) is 4.58. The van der Waals surface area contributed by atoms with Crippen molar-refractivity contribution in [2.24, 2.45) is 5.73 Å². The van der Waals surface area contributed by atoms with Gasteiger partial charge in [-0.15, -0.1) is 0 Å². The van der Waals surface area contributed by atoms with Gasteiger partial charge in [0.2, 0.25) is 0 Å². The summed E-state index contributed by atoms with van der Waals surface area (Å²) in [5, 5.41) is 8.43. The fraction of sp³-hybridized carbons (Fsp3) is 0.714. The maximum Gasteiger partial charge on any atom is 0.315 e. The van der Waals surface area contributed by atoms with E-state index in [0.717, 1.165) is 0 Å². The molecule has 0 saturated heterocycles. The summed E-state index contributed by atoms with van der Waals surface area (Å²) in [4.78, 5) is 22.3. The Bertz CT molecular complexity index is 181. The summed E-state index contributed by atoms with van der Waals surface area (Å²) in [6, 6.07) is -0.920. The molecule has 12 heavy (non-hydrogen) atoms. The van der Waals surface area contributed by atoms with Crippen LogP contribution in [0.2, 0.25) is 0 Å². The zero-order valence-corrected chi connectivity index (χ0v) is 7.28. The summed E-state index contributed by atoms with van der Waals surface area (Å²) in [6.07, 6.45) is -0.0726. The highest BCUT2D eigenvalue weighted by Crippen LogP contribution is 2.02. The molecular weight excluding hydrogens is 160 g/mol. The molecule has 2 amide bonds. The number of amides is 2. The lowest BCUT2D eigenvalue weighted by molar-refractivity contribution is -0.137. The van der Waals surface area contributed by atoms with E-state index >= 15 is 0 Å². The summed E-state index contributed by atoms with van der Waals surface area (Å²) < 4.78 is 0. The largest absolute Gasteiger partial charge is 0.481 e. The second-order valence-electron chi connectivity index (χ2n) is 2.57. The molecule has 0 rings (SSSR count). The topological polar surface area (TPSA) is 83.6 Å². The van der Waals surface area contributed by atoms with Crippen LogP contribution in [0.15, 0.2) is 0 Å². The minimum Gasteiger partial charge on any atom is -0.481 e. The summed E-state index contributed by atoms with van der Waals surface area (Å²) in [5.41, 5.74) is 5.02. The first kappa shape index (κ1) is 10.7. The zero-order valence-electron chi connectivity index (χ0n) is 7.28. The van der Waals surface area contributed by atoms with Gasteiger partial charge in [-0.3, -0.25) is 4.79 Å². The number of primary amides is 1. The Morgan fingerprint density at radius 3 is 2.33 bits per heavy atom. The number of hydrogen-bond donors (Lipinski definition) is 2. The molecule has 5 nitrogen and oxygen atoms in total. The number of carboxylic acid groups (broad SMARTS) is 1. The van der Waals surface area contributed by atoms with Gasteiger partial charge in [0, 0.05) is 12.6 Å². The minimum absolute atomic E-state index is 0.0726. The van der Waals surface area contributed by atoms with Crippen LogP contribution in [0.5, 0.6) is 0 Å².